The van der Waals surface area contributed by atoms with E-state index in [9.17, 15) is 9.59 Å². The van der Waals surface area contributed by atoms with Crippen molar-refractivity contribution in [2.75, 3.05) is 5.32 Å². The van der Waals surface area contributed by atoms with Gasteiger partial charge in [0.25, 0.3) is 5.56 Å². The zero-order chi connectivity index (χ0) is 21.3. The van der Waals surface area contributed by atoms with Gasteiger partial charge in [0.05, 0.1) is 16.2 Å². The number of hydrogen-bond donors (Lipinski definition) is 1. The summed E-state index contributed by atoms with van der Waals surface area (Å²) in [6.45, 7) is 5.72. The molecule has 1 unspecified atom stereocenters. The molecule has 5 nitrogen and oxygen atoms in total. The molecule has 0 saturated carbocycles. The van der Waals surface area contributed by atoms with Gasteiger partial charge in [-0.2, -0.15) is 0 Å². The summed E-state index contributed by atoms with van der Waals surface area (Å²) in [5.41, 5.74) is 1.31. The molecule has 0 fully saturated rings. The number of rotatable bonds is 5. The molecular formula is C24H23N3O2S. The number of nitrogens with one attached hydrogen (secondary N) is 1. The molecule has 0 aliphatic rings. The summed E-state index contributed by atoms with van der Waals surface area (Å²) in [5.74, 6) is -0.131. The lowest BCUT2D eigenvalue weighted by Gasteiger charge is -2.18. The van der Waals surface area contributed by atoms with Crippen LogP contribution < -0.4 is 10.9 Å². The van der Waals surface area contributed by atoms with Crippen LogP contribution in [0.3, 0.4) is 0 Å². The molecule has 3 aromatic carbocycles. The third-order valence-corrected chi connectivity index (χ3v) is 6.03. The fraction of sp³-hybridized carbons (Fsp3) is 0.208. The fourth-order valence-corrected chi connectivity index (χ4v) is 4.43. The van der Waals surface area contributed by atoms with Crippen molar-refractivity contribution in [3.05, 3.63) is 77.1 Å². The van der Waals surface area contributed by atoms with Crippen LogP contribution in [0.2, 0.25) is 0 Å². The Hall–Kier alpha value is -3.12. The molecule has 4 aromatic rings. The van der Waals surface area contributed by atoms with Gasteiger partial charge in [-0.1, -0.05) is 54.2 Å². The van der Waals surface area contributed by atoms with Crippen molar-refractivity contribution < 1.29 is 4.79 Å². The van der Waals surface area contributed by atoms with Crippen LogP contribution in [0.25, 0.3) is 21.7 Å². The molecular weight excluding hydrogens is 394 g/mol. The van der Waals surface area contributed by atoms with E-state index in [1.165, 1.54) is 11.8 Å². The van der Waals surface area contributed by atoms with Gasteiger partial charge in [0.1, 0.15) is 0 Å². The molecule has 1 atom stereocenters. The van der Waals surface area contributed by atoms with Crippen molar-refractivity contribution in [2.45, 2.75) is 37.2 Å². The number of carbonyl (C=O) groups excluding carboxylic acids is 1. The third kappa shape index (κ3) is 3.96. The van der Waals surface area contributed by atoms with Gasteiger partial charge in [0.2, 0.25) is 5.91 Å². The summed E-state index contributed by atoms with van der Waals surface area (Å²) in [6.07, 6.45) is 0. The van der Waals surface area contributed by atoms with E-state index in [2.05, 4.69) is 10.3 Å². The van der Waals surface area contributed by atoms with Crippen molar-refractivity contribution in [2.24, 2.45) is 0 Å². The number of thioether (sulfide) groups is 1. The second kappa shape index (κ2) is 8.32. The van der Waals surface area contributed by atoms with Crippen molar-refractivity contribution in [3.8, 4) is 0 Å². The first-order chi connectivity index (χ1) is 14.4. The standard InChI is InChI=1S/C24H23N3O2S/c1-15(2)27-23(29)20-10-6-7-11-21(20)26-24(27)30-16(3)22(28)25-19-13-12-17-8-4-5-9-18(17)14-19/h4-16H,1-3H3,(H,25,28). The molecule has 0 aliphatic carbocycles. The highest BCUT2D eigenvalue weighted by molar-refractivity contribution is 8.00. The van der Waals surface area contributed by atoms with Gasteiger partial charge in [-0.05, 0) is 55.8 Å². The van der Waals surface area contributed by atoms with Gasteiger partial charge >= 0.3 is 0 Å². The molecule has 0 aliphatic heterocycles. The largest absolute Gasteiger partial charge is 0.325 e. The number of nitrogens with zero attached hydrogens (tertiary/aromatic N) is 2. The molecule has 30 heavy (non-hydrogen) atoms. The number of anilines is 1. The van der Waals surface area contributed by atoms with Crippen molar-refractivity contribution in [3.63, 3.8) is 0 Å². The quantitative estimate of drug-likeness (QED) is 0.356. The Morgan fingerprint density at radius 1 is 0.967 bits per heavy atom. The first-order valence-corrected chi connectivity index (χ1v) is 10.8. The van der Waals surface area contributed by atoms with Crippen LogP contribution >= 0.6 is 11.8 Å². The predicted octanol–water partition coefficient (Wildman–Crippen LogP) is 5.25. The normalized spacial score (nSPS) is 12.4. The van der Waals surface area contributed by atoms with Gasteiger partial charge in [-0.15, -0.1) is 0 Å². The van der Waals surface area contributed by atoms with E-state index >= 15 is 0 Å². The number of fused-ring (bicyclic) bond motifs is 2. The minimum atomic E-state index is -0.422. The topological polar surface area (TPSA) is 64.0 Å². The van der Waals surface area contributed by atoms with E-state index in [4.69, 9.17) is 0 Å². The van der Waals surface area contributed by atoms with Gasteiger partial charge in [-0.25, -0.2) is 4.98 Å². The first-order valence-electron chi connectivity index (χ1n) is 9.91. The molecule has 152 valence electrons. The number of hydrogen-bond acceptors (Lipinski definition) is 4. The molecule has 1 N–H and O–H groups in total. The summed E-state index contributed by atoms with van der Waals surface area (Å²) in [5, 5.41) is 5.89. The second-order valence-corrected chi connectivity index (χ2v) is 8.80. The zero-order valence-electron chi connectivity index (χ0n) is 17.1. The maximum absolute atomic E-state index is 13.0. The van der Waals surface area contributed by atoms with E-state index in [0.29, 0.717) is 16.1 Å². The molecule has 1 amide bonds. The van der Waals surface area contributed by atoms with Crippen molar-refractivity contribution >= 4 is 45.0 Å². The lowest BCUT2D eigenvalue weighted by Crippen LogP contribution is -2.28. The third-order valence-electron chi connectivity index (χ3n) is 4.96. The van der Waals surface area contributed by atoms with Crippen molar-refractivity contribution in [1.29, 1.82) is 0 Å². The maximum atomic E-state index is 13.0. The minimum Gasteiger partial charge on any atom is -0.325 e. The van der Waals surface area contributed by atoms with Crippen LogP contribution in [0.1, 0.15) is 26.8 Å². The Kier molecular flexibility index (Phi) is 5.59. The van der Waals surface area contributed by atoms with Crippen LogP contribution in [0, 0.1) is 0 Å². The lowest BCUT2D eigenvalue weighted by atomic mass is 10.1. The highest BCUT2D eigenvalue weighted by Crippen LogP contribution is 2.26. The van der Waals surface area contributed by atoms with Gasteiger partial charge in [0, 0.05) is 11.7 Å². The van der Waals surface area contributed by atoms with E-state index in [1.54, 1.807) is 10.6 Å². The van der Waals surface area contributed by atoms with E-state index < -0.39 is 5.25 Å². The van der Waals surface area contributed by atoms with Crippen LogP contribution in [-0.2, 0) is 4.79 Å². The number of aromatic nitrogens is 2. The molecule has 4 rings (SSSR count). The average molecular weight is 418 g/mol. The molecule has 0 radical (unpaired) electrons. The number of para-hydroxylation sites is 1. The van der Waals surface area contributed by atoms with Gasteiger partial charge in [0.15, 0.2) is 5.16 Å². The monoisotopic (exact) mass is 417 g/mol. The van der Waals surface area contributed by atoms with Crippen LogP contribution in [0.5, 0.6) is 0 Å². The van der Waals surface area contributed by atoms with E-state index in [-0.39, 0.29) is 17.5 Å². The van der Waals surface area contributed by atoms with E-state index in [1.807, 2.05) is 81.4 Å². The summed E-state index contributed by atoms with van der Waals surface area (Å²) < 4.78 is 1.66. The molecule has 0 spiro atoms. The Bertz CT molecular complexity index is 1300. The summed E-state index contributed by atoms with van der Waals surface area (Å²) >= 11 is 1.30. The van der Waals surface area contributed by atoms with Crippen molar-refractivity contribution in [1.82, 2.24) is 9.55 Å². The smallest absolute Gasteiger partial charge is 0.262 e. The SMILES string of the molecule is CC(Sc1nc2ccccc2c(=O)n1C(C)C)C(=O)Nc1ccc2ccccc2c1. The molecule has 1 aromatic heterocycles. The predicted molar refractivity (Wildman–Crippen MR) is 124 cm³/mol. The fourth-order valence-electron chi connectivity index (χ4n) is 3.39. The molecule has 6 heteroatoms. The maximum Gasteiger partial charge on any atom is 0.262 e. The lowest BCUT2D eigenvalue weighted by molar-refractivity contribution is -0.115. The Morgan fingerprint density at radius 3 is 2.43 bits per heavy atom. The highest BCUT2D eigenvalue weighted by Gasteiger charge is 2.20. The molecule has 1 heterocycles. The average Bonchev–Trinajstić information content (AvgIpc) is 2.73. The molecule has 0 saturated heterocycles. The van der Waals surface area contributed by atoms with Crippen LogP contribution in [0.4, 0.5) is 5.69 Å². The Morgan fingerprint density at radius 2 is 1.67 bits per heavy atom. The first kappa shape index (κ1) is 20.2. The Balaban J connectivity index is 1.60. The van der Waals surface area contributed by atoms with Gasteiger partial charge in [-0.3, -0.25) is 14.2 Å². The van der Waals surface area contributed by atoms with Crippen LogP contribution in [0.15, 0.2) is 76.7 Å². The highest BCUT2D eigenvalue weighted by atomic mass is 32.2. The molecule has 0 bridgehead atoms. The zero-order valence-corrected chi connectivity index (χ0v) is 17.9. The van der Waals surface area contributed by atoms with E-state index in [0.717, 1.165) is 16.5 Å². The van der Waals surface area contributed by atoms with Crippen LogP contribution in [-0.4, -0.2) is 20.7 Å². The minimum absolute atomic E-state index is 0.0622. The summed E-state index contributed by atoms with van der Waals surface area (Å²) in [4.78, 5) is 30.5. The number of amides is 1. The van der Waals surface area contributed by atoms with Gasteiger partial charge < -0.3 is 5.32 Å². The number of benzene rings is 3. The summed E-state index contributed by atoms with van der Waals surface area (Å²) in [6, 6.07) is 21.1. The summed E-state index contributed by atoms with van der Waals surface area (Å²) in [7, 11) is 0. The number of carbonyl (C=O) groups is 1. The second-order valence-electron chi connectivity index (χ2n) is 7.49. The Labute approximate surface area is 179 Å².